The van der Waals surface area contributed by atoms with Crippen molar-refractivity contribution in [2.24, 2.45) is 0 Å². The first-order chi connectivity index (χ1) is 18.6. The number of carbonyl (C=O) groups is 1. The zero-order valence-corrected chi connectivity index (χ0v) is 22.1. The predicted molar refractivity (Wildman–Crippen MR) is 147 cm³/mol. The molecule has 3 aromatic rings. The molecular weight excluding hydrogens is 498 g/mol. The first kappa shape index (κ1) is 27.0. The number of hydrogen-bond donors (Lipinski definition) is 2. The van der Waals surface area contributed by atoms with Gasteiger partial charge in [0.05, 0.1) is 12.2 Å². The third-order valence-corrected chi connectivity index (χ3v) is 7.23. The van der Waals surface area contributed by atoms with Gasteiger partial charge in [-0.05, 0) is 55.2 Å². The van der Waals surface area contributed by atoms with Gasteiger partial charge in [-0.1, -0.05) is 24.3 Å². The highest BCUT2D eigenvalue weighted by Crippen LogP contribution is 2.39. The number of carbonyl (C=O) groups excluding carboxylic acids is 1. The Morgan fingerprint density at radius 1 is 1.13 bits per heavy atom. The van der Waals surface area contributed by atoms with Gasteiger partial charge < -0.3 is 20.1 Å². The summed E-state index contributed by atoms with van der Waals surface area (Å²) in [6.45, 7) is 4.13. The van der Waals surface area contributed by atoms with Crippen LogP contribution in [0.5, 0.6) is 5.75 Å². The van der Waals surface area contributed by atoms with Gasteiger partial charge in [-0.25, -0.2) is 4.98 Å². The van der Waals surface area contributed by atoms with Crippen LogP contribution in [0.1, 0.15) is 46.8 Å². The van der Waals surface area contributed by atoms with Crippen molar-refractivity contribution in [3.63, 3.8) is 0 Å². The molecule has 1 amide bonds. The molecule has 1 aliphatic heterocycles. The molecule has 0 unspecified atom stereocenters. The Balaban J connectivity index is 1.75. The van der Waals surface area contributed by atoms with Gasteiger partial charge in [0.15, 0.2) is 0 Å². The third-order valence-electron chi connectivity index (χ3n) is 6.18. The zero-order chi connectivity index (χ0) is 26.9. The Labute approximate surface area is 226 Å². The molecule has 0 bridgehead atoms. The van der Waals surface area contributed by atoms with Crippen LogP contribution in [-0.2, 0) is 5.75 Å². The standard InChI is InChI=1S/C29H29N5O3S/c1-2-32-28(36)22-7-5-6-20(16-22)19-38-29-25(18-31)26(21-8-10-23(11-9-21)37-15-14-35)24(17-30)27(33-29)34-12-3-4-13-34/h5-11,16,35H,2-4,12-15,19H2,1H3,(H,32,36). The van der Waals surface area contributed by atoms with Crippen LogP contribution >= 0.6 is 11.8 Å². The molecule has 1 saturated heterocycles. The first-order valence-electron chi connectivity index (χ1n) is 12.6. The van der Waals surface area contributed by atoms with E-state index in [2.05, 4.69) is 22.4 Å². The SMILES string of the molecule is CCNC(=O)c1cccc(CSc2nc(N3CCCC3)c(C#N)c(-c3ccc(OCCO)cc3)c2C#N)c1. The van der Waals surface area contributed by atoms with Crippen LogP contribution in [0.2, 0.25) is 0 Å². The molecule has 0 radical (unpaired) electrons. The maximum atomic E-state index is 12.3. The predicted octanol–water partition coefficient (Wildman–Crippen LogP) is 4.51. The Morgan fingerprint density at radius 2 is 1.87 bits per heavy atom. The fourth-order valence-electron chi connectivity index (χ4n) is 4.41. The molecule has 2 heterocycles. The van der Waals surface area contributed by atoms with Crippen LogP contribution in [-0.4, -0.2) is 48.8 Å². The van der Waals surface area contributed by atoms with E-state index in [0.29, 0.717) is 51.1 Å². The summed E-state index contributed by atoms with van der Waals surface area (Å²) in [7, 11) is 0. The van der Waals surface area contributed by atoms with E-state index in [9.17, 15) is 15.3 Å². The Bertz CT molecular complexity index is 1370. The molecule has 0 spiro atoms. The highest BCUT2D eigenvalue weighted by molar-refractivity contribution is 7.98. The molecule has 38 heavy (non-hydrogen) atoms. The summed E-state index contributed by atoms with van der Waals surface area (Å²) < 4.78 is 5.48. The van der Waals surface area contributed by atoms with Crippen molar-refractivity contribution < 1.29 is 14.6 Å². The van der Waals surface area contributed by atoms with Crippen LogP contribution < -0.4 is 15.0 Å². The second-order valence-corrected chi connectivity index (χ2v) is 9.69. The van der Waals surface area contributed by atoms with Crippen LogP contribution in [0.25, 0.3) is 11.1 Å². The van der Waals surface area contributed by atoms with Crippen LogP contribution in [0.4, 0.5) is 5.82 Å². The van der Waals surface area contributed by atoms with E-state index in [1.54, 1.807) is 18.2 Å². The quantitative estimate of drug-likeness (QED) is 0.370. The number of thioether (sulfide) groups is 1. The van der Waals surface area contributed by atoms with Crippen LogP contribution in [0, 0.1) is 22.7 Å². The number of benzene rings is 2. The number of nitrogens with zero attached hydrogens (tertiary/aromatic N) is 4. The van der Waals surface area contributed by atoms with E-state index < -0.39 is 0 Å². The van der Waals surface area contributed by atoms with Crippen molar-refractivity contribution in [3.05, 3.63) is 70.8 Å². The summed E-state index contributed by atoms with van der Waals surface area (Å²) >= 11 is 1.42. The van der Waals surface area contributed by atoms with Gasteiger partial charge in [0.25, 0.3) is 5.91 Å². The first-order valence-corrected chi connectivity index (χ1v) is 13.5. The molecule has 0 saturated carbocycles. The second kappa shape index (κ2) is 13.0. The lowest BCUT2D eigenvalue weighted by Gasteiger charge is -2.22. The van der Waals surface area contributed by atoms with Gasteiger partial charge >= 0.3 is 0 Å². The second-order valence-electron chi connectivity index (χ2n) is 8.73. The minimum atomic E-state index is -0.126. The molecule has 9 heteroatoms. The van der Waals surface area contributed by atoms with Gasteiger partial charge in [-0.3, -0.25) is 4.79 Å². The number of aliphatic hydroxyl groups excluding tert-OH is 1. The minimum Gasteiger partial charge on any atom is -0.491 e. The molecule has 8 nitrogen and oxygen atoms in total. The number of ether oxygens (including phenoxy) is 1. The van der Waals surface area contributed by atoms with Crippen molar-refractivity contribution in [2.75, 3.05) is 37.7 Å². The zero-order valence-electron chi connectivity index (χ0n) is 21.2. The van der Waals surface area contributed by atoms with Gasteiger partial charge in [-0.15, -0.1) is 11.8 Å². The van der Waals surface area contributed by atoms with Crippen LogP contribution in [0.3, 0.4) is 0 Å². The maximum absolute atomic E-state index is 12.3. The smallest absolute Gasteiger partial charge is 0.251 e. The van der Waals surface area contributed by atoms with E-state index in [1.165, 1.54) is 11.8 Å². The summed E-state index contributed by atoms with van der Waals surface area (Å²) in [4.78, 5) is 19.3. The van der Waals surface area contributed by atoms with Crippen molar-refractivity contribution in [1.82, 2.24) is 10.3 Å². The normalized spacial score (nSPS) is 12.6. The highest BCUT2D eigenvalue weighted by atomic mass is 32.2. The van der Waals surface area contributed by atoms with E-state index >= 15 is 0 Å². The summed E-state index contributed by atoms with van der Waals surface area (Å²) in [6, 6.07) is 19.2. The van der Waals surface area contributed by atoms with Gasteiger partial charge in [0.2, 0.25) is 0 Å². The Hall–Kier alpha value is -4.05. The van der Waals surface area contributed by atoms with Gasteiger partial charge in [0.1, 0.15) is 40.9 Å². The molecular formula is C29H29N5O3S. The number of anilines is 1. The molecule has 1 aromatic heterocycles. The van der Waals surface area contributed by atoms with Crippen molar-refractivity contribution in [1.29, 1.82) is 10.5 Å². The Morgan fingerprint density at radius 3 is 2.53 bits per heavy atom. The van der Waals surface area contributed by atoms with E-state index in [4.69, 9.17) is 14.8 Å². The molecule has 0 atom stereocenters. The van der Waals surface area contributed by atoms with Crippen molar-refractivity contribution in [3.8, 4) is 29.0 Å². The summed E-state index contributed by atoms with van der Waals surface area (Å²) in [6.07, 6.45) is 2.04. The average Bonchev–Trinajstić information content (AvgIpc) is 3.49. The Kier molecular flexibility index (Phi) is 9.21. The molecule has 1 aliphatic rings. The molecule has 2 N–H and O–H groups in total. The lowest BCUT2D eigenvalue weighted by molar-refractivity contribution is 0.0955. The summed E-state index contributed by atoms with van der Waals surface area (Å²) in [5.74, 6) is 1.57. The number of rotatable bonds is 10. The lowest BCUT2D eigenvalue weighted by atomic mass is 9.96. The van der Waals surface area contributed by atoms with Crippen molar-refractivity contribution in [2.45, 2.75) is 30.5 Å². The number of nitrogens with one attached hydrogen (secondary N) is 1. The van der Waals surface area contributed by atoms with E-state index in [1.807, 2.05) is 37.3 Å². The highest BCUT2D eigenvalue weighted by Gasteiger charge is 2.26. The fourth-order valence-corrected chi connectivity index (χ4v) is 5.34. The third kappa shape index (κ3) is 6.08. The molecule has 0 aliphatic carbocycles. The largest absolute Gasteiger partial charge is 0.491 e. The number of nitriles is 2. The van der Waals surface area contributed by atoms with Crippen molar-refractivity contribution >= 4 is 23.5 Å². The van der Waals surface area contributed by atoms with Gasteiger partial charge in [0, 0.05) is 36.5 Å². The van der Waals surface area contributed by atoms with Gasteiger partial charge in [-0.2, -0.15) is 10.5 Å². The number of hydrogen-bond acceptors (Lipinski definition) is 8. The number of aliphatic hydroxyl groups is 1. The van der Waals surface area contributed by atoms with E-state index in [0.717, 1.165) is 37.1 Å². The molecule has 4 rings (SSSR count). The lowest BCUT2D eigenvalue weighted by Crippen LogP contribution is -2.22. The average molecular weight is 528 g/mol. The molecule has 2 aromatic carbocycles. The molecule has 1 fully saturated rings. The monoisotopic (exact) mass is 527 g/mol. The number of amides is 1. The maximum Gasteiger partial charge on any atom is 0.251 e. The molecule has 194 valence electrons. The topological polar surface area (TPSA) is 122 Å². The summed E-state index contributed by atoms with van der Waals surface area (Å²) in [5, 5.41) is 32.9. The fraction of sp³-hybridized carbons (Fsp3) is 0.310. The minimum absolute atomic E-state index is 0.0881. The number of aromatic nitrogens is 1. The van der Waals surface area contributed by atoms with Crippen LogP contribution in [0.15, 0.2) is 53.6 Å². The van der Waals surface area contributed by atoms with E-state index in [-0.39, 0.29) is 19.1 Å². The summed E-state index contributed by atoms with van der Waals surface area (Å²) in [5.41, 5.74) is 3.52. The number of pyridine rings is 1.